The number of nitro groups is 1. The van der Waals surface area contributed by atoms with Crippen molar-refractivity contribution in [2.24, 2.45) is 11.8 Å². The average Bonchev–Trinajstić information content (AvgIpc) is 2.65. The summed E-state index contributed by atoms with van der Waals surface area (Å²) in [6.45, 7) is 10.0. The molecule has 6 heteroatoms. The molecule has 4 atom stereocenters. The van der Waals surface area contributed by atoms with Crippen LogP contribution in [-0.4, -0.2) is 33.6 Å². The van der Waals surface area contributed by atoms with Crippen LogP contribution in [0.4, 0.5) is 5.69 Å². The summed E-state index contributed by atoms with van der Waals surface area (Å²) >= 11 is 0. The molecule has 0 N–H and O–H groups in total. The highest BCUT2D eigenvalue weighted by Gasteiger charge is 2.51. The maximum absolute atomic E-state index is 12.7. The van der Waals surface area contributed by atoms with E-state index in [4.69, 9.17) is 4.74 Å². The second-order valence-corrected chi connectivity index (χ2v) is 8.33. The number of hydrogen-bond donors (Lipinski definition) is 0. The van der Waals surface area contributed by atoms with E-state index in [1.54, 1.807) is 35.3 Å². The number of nitro benzene ring substituents is 1. The number of carbonyl (C=O) groups excluding carboxylic acids is 1. The second kappa shape index (κ2) is 7.87. The van der Waals surface area contributed by atoms with E-state index in [0.29, 0.717) is 11.5 Å². The largest absolute Gasteiger partial charge is 0.351 e. The highest BCUT2D eigenvalue weighted by molar-refractivity contribution is 5.88. The van der Waals surface area contributed by atoms with Gasteiger partial charge in [-0.05, 0) is 56.9 Å². The lowest BCUT2D eigenvalue weighted by molar-refractivity contribution is -0.385. The molecule has 1 saturated carbocycles. The Balaban J connectivity index is 1.96. The van der Waals surface area contributed by atoms with Crippen LogP contribution >= 0.6 is 0 Å². The normalized spacial score (nSPS) is 29.3. The summed E-state index contributed by atoms with van der Waals surface area (Å²) in [5.74, 6) is 0.640. The van der Waals surface area contributed by atoms with Gasteiger partial charge in [-0.3, -0.25) is 14.9 Å². The van der Waals surface area contributed by atoms with Crippen molar-refractivity contribution in [1.29, 1.82) is 0 Å². The van der Waals surface area contributed by atoms with Crippen molar-refractivity contribution < 1.29 is 14.5 Å². The third-order valence-corrected chi connectivity index (χ3v) is 6.14. The van der Waals surface area contributed by atoms with Crippen LogP contribution in [0.2, 0.25) is 0 Å². The van der Waals surface area contributed by atoms with Crippen LogP contribution in [0.5, 0.6) is 0 Å². The number of hydrogen-bond acceptors (Lipinski definition) is 4. The molecule has 1 aliphatic carbocycles. The van der Waals surface area contributed by atoms with E-state index < -0.39 is 16.7 Å². The standard InChI is InChI=1S/C22H28N2O4/c1-5-20(25)23-21(13-11-16-8-6-7-9-18(16)24(26)27)28-19-14-15(2)10-12-17(19)22(23,3)4/h5-9,11,13,15,17,19,21H,1,10,12,14H2,2-4H3/b13-11+/t15-,17-,19-,21-/m1/s1. The van der Waals surface area contributed by atoms with Gasteiger partial charge >= 0.3 is 0 Å². The summed E-state index contributed by atoms with van der Waals surface area (Å²) in [4.78, 5) is 25.3. The predicted molar refractivity (Wildman–Crippen MR) is 108 cm³/mol. The van der Waals surface area contributed by atoms with E-state index in [1.807, 2.05) is 0 Å². The first-order valence-corrected chi connectivity index (χ1v) is 9.78. The van der Waals surface area contributed by atoms with Gasteiger partial charge in [0.15, 0.2) is 6.23 Å². The minimum absolute atomic E-state index is 0.0274. The lowest BCUT2D eigenvalue weighted by Gasteiger charge is -2.56. The quantitative estimate of drug-likeness (QED) is 0.433. The average molecular weight is 384 g/mol. The zero-order valence-corrected chi connectivity index (χ0v) is 16.7. The topological polar surface area (TPSA) is 72.7 Å². The van der Waals surface area contributed by atoms with E-state index in [-0.39, 0.29) is 23.6 Å². The molecule has 0 radical (unpaired) electrons. The minimum Gasteiger partial charge on any atom is -0.351 e. The van der Waals surface area contributed by atoms with Crippen LogP contribution < -0.4 is 0 Å². The van der Waals surface area contributed by atoms with E-state index in [2.05, 4.69) is 27.4 Å². The van der Waals surface area contributed by atoms with Crippen molar-refractivity contribution in [2.75, 3.05) is 0 Å². The van der Waals surface area contributed by atoms with Gasteiger partial charge in [-0.1, -0.05) is 32.1 Å². The summed E-state index contributed by atoms with van der Waals surface area (Å²) < 4.78 is 6.35. The zero-order valence-electron chi connectivity index (χ0n) is 16.7. The Morgan fingerprint density at radius 2 is 2.07 bits per heavy atom. The molecule has 6 nitrogen and oxygen atoms in total. The minimum atomic E-state index is -0.591. The lowest BCUT2D eigenvalue weighted by Crippen LogP contribution is -2.65. The molecule has 3 rings (SSSR count). The van der Waals surface area contributed by atoms with Crippen LogP contribution in [0.3, 0.4) is 0 Å². The molecule has 0 spiro atoms. The van der Waals surface area contributed by atoms with E-state index in [9.17, 15) is 14.9 Å². The van der Waals surface area contributed by atoms with Gasteiger partial charge in [0.05, 0.1) is 16.6 Å². The second-order valence-electron chi connectivity index (χ2n) is 8.33. The number of rotatable bonds is 4. The van der Waals surface area contributed by atoms with Crippen LogP contribution in [0.25, 0.3) is 6.08 Å². The third kappa shape index (κ3) is 3.74. The molecule has 0 bridgehead atoms. The number of benzene rings is 1. The molecular formula is C22H28N2O4. The first kappa shape index (κ1) is 20.3. The van der Waals surface area contributed by atoms with E-state index in [0.717, 1.165) is 19.3 Å². The number of carbonyl (C=O) groups is 1. The Labute approximate surface area is 166 Å². The van der Waals surface area contributed by atoms with Crippen molar-refractivity contribution in [1.82, 2.24) is 4.90 Å². The number of fused-ring (bicyclic) bond motifs is 1. The molecule has 1 saturated heterocycles. The number of nitrogens with zero attached hydrogens (tertiary/aromatic N) is 2. The van der Waals surface area contributed by atoms with Crippen LogP contribution in [-0.2, 0) is 9.53 Å². The maximum atomic E-state index is 12.7. The van der Waals surface area contributed by atoms with Gasteiger partial charge in [0, 0.05) is 17.5 Å². The Kier molecular flexibility index (Phi) is 5.70. The summed E-state index contributed by atoms with van der Waals surface area (Å²) in [7, 11) is 0. The Hall–Kier alpha value is -2.47. The molecule has 1 aromatic carbocycles. The summed E-state index contributed by atoms with van der Waals surface area (Å²) in [5.41, 5.74) is 0.116. The first-order chi connectivity index (χ1) is 13.3. The number of ether oxygens (including phenoxy) is 1. The molecule has 1 heterocycles. The number of amides is 1. The highest BCUT2D eigenvalue weighted by Crippen LogP contribution is 2.45. The van der Waals surface area contributed by atoms with Crippen LogP contribution in [0.1, 0.15) is 45.6 Å². The third-order valence-electron chi connectivity index (χ3n) is 6.14. The highest BCUT2D eigenvalue weighted by atomic mass is 16.6. The summed E-state index contributed by atoms with van der Waals surface area (Å²) in [5, 5.41) is 11.3. The van der Waals surface area contributed by atoms with Crippen molar-refractivity contribution in [3.05, 3.63) is 58.7 Å². The van der Waals surface area contributed by atoms with Crippen molar-refractivity contribution in [3.8, 4) is 0 Å². The van der Waals surface area contributed by atoms with E-state index >= 15 is 0 Å². The first-order valence-electron chi connectivity index (χ1n) is 9.78. The number of para-hydroxylation sites is 1. The van der Waals surface area contributed by atoms with Gasteiger partial charge < -0.3 is 9.64 Å². The molecule has 1 aromatic rings. The fraction of sp³-hybridized carbons (Fsp3) is 0.500. The molecule has 0 aromatic heterocycles. The van der Waals surface area contributed by atoms with Gasteiger partial charge in [0.2, 0.25) is 5.91 Å². The van der Waals surface area contributed by atoms with Crippen molar-refractivity contribution in [3.63, 3.8) is 0 Å². The molecule has 150 valence electrons. The molecular weight excluding hydrogens is 356 g/mol. The Bertz CT molecular complexity index is 801. The van der Waals surface area contributed by atoms with Crippen LogP contribution in [0, 0.1) is 22.0 Å². The van der Waals surface area contributed by atoms with Gasteiger partial charge in [-0.25, -0.2) is 0 Å². The molecule has 2 fully saturated rings. The van der Waals surface area contributed by atoms with Gasteiger partial charge in [0.1, 0.15) is 0 Å². The van der Waals surface area contributed by atoms with Crippen molar-refractivity contribution in [2.45, 2.75) is 57.9 Å². The molecule has 1 aliphatic heterocycles. The maximum Gasteiger partial charge on any atom is 0.276 e. The van der Waals surface area contributed by atoms with Gasteiger partial charge in [-0.2, -0.15) is 0 Å². The fourth-order valence-electron chi connectivity index (χ4n) is 4.65. The lowest BCUT2D eigenvalue weighted by atomic mass is 9.69. The monoisotopic (exact) mass is 384 g/mol. The zero-order chi connectivity index (χ0) is 20.5. The summed E-state index contributed by atoms with van der Waals surface area (Å²) in [6.07, 6.45) is 7.31. The Morgan fingerprint density at radius 1 is 1.36 bits per heavy atom. The Morgan fingerprint density at radius 3 is 2.75 bits per heavy atom. The van der Waals surface area contributed by atoms with Gasteiger partial charge in [0.25, 0.3) is 5.69 Å². The van der Waals surface area contributed by atoms with Gasteiger partial charge in [-0.15, -0.1) is 0 Å². The smallest absolute Gasteiger partial charge is 0.276 e. The molecule has 28 heavy (non-hydrogen) atoms. The predicted octanol–water partition coefficient (Wildman–Crippen LogP) is 4.56. The molecule has 1 amide bonds. The molecule has 2 aliphatic rings. The summed E-state index contributed by atoms with van der Waals surface area (Å²) in [6, 6.07) is 6.55. The van der Waals surface area contributed by atoms with E-state index in [1.165, 1.54) is 12.1 Å². The van der Waals surface area contributed by atoms with Crippen LogP contribution in [0.15, 0.2) is 43.0 Å². The fourth-order valence-corrected chi connectivity index (χ4v) is 4.65. The molecule has 0 unspecified atom stereocenters. The van der Waals surface area contributed by atoms with Crippen molar-refractivity contribution >= 4 is 17.7 Å². The SMILES string of the molecule is C=CC(=O)N1[C@@H](/C=C/c2ccccc2[N+](=O)[O-])O[C@@H]2C[C@H](C)CC[C@H]2C1(C)C.